The van der Waals surface area contributed by atoms with E-state index in [1.54, 1.807) is 13.2 Å². The number of phenols is 1. The van der Waals surface area contributed by atoms with Gasteiger partial charge in [0.05, 0.1) is 7.11 Å². The van der Waals surface area contributed by atoms with E-state index < -0.39 is 0 Å². The monoisotopic (exact) mass is 369 g/mol. The van der Waals surface area contributed by atoms with Crippen LogP contribution >= 0.6 is 22.6 Å². The molecule has 3 nitrogen and oxygen atoms in total. The van der Waals surface area contributed by atoms with Crippen LogP contribution in [0.4, 0.5) is 5.69 Å². The maximum absolute atomic E-state index is 9.88. The molecule has 0 saturated carbocycles. The lowest BCUT2D eigenvalue weighted by Gasteiger charge is -2.10. The van der Waals surface area contributed by atoms with Gasteiger partial charge in [-0.1, -0.05) is 6.07 Å². The molecule has 2 aromatic carbocycles. The van der Waals surface area contributed by atoms with E-state index in [1.807, 2.05) is 18.2 Å². The van der Waals surface area contributed by atoms with Crippen molar-refractivity contribution in [2.75, 3.05) is 12.4 Å². The largest absolute Gasteiger partial charge is 0.507 e. The first-order chi connectivity index (χ1) is 9.10. The Labute approximate surface area is 126 Å². The Kier molecular flexibility index (Phi) is 4.52. The van der Waals surface area contributed by atoms with Gasteiger partial charge in [0.1, 0.15) is 11.5 Å². The number of nitrogens with one attached hydrogen (secondary N) is 1. The van der Waals surface area contributed by atoms with Crippen LogP contribution < -0.4 is 10.1 Å². The van der Waals surface area contributed by atoms with Crippen molar-refractivity contribution < 1.29 is 9.84 Å². The minimum absolute atomic E-state index is 0.244. The van der Waals surface area contributed by atoms with E-state index in [0.29, 0.717) is 12.3 Å². The van der Waals surface area contributed by atoms with Gasteiger partial charge in [0.2, 0.25) is 0 Å². The lowest BCUT2D eigenvalue weighted by Crippen LogP contribution is -2.00. The number of ether oxygens (including phenoxy) is 1. The summed E-state index contributed by atoms with van der Waals surface area (Å²) in [6, 6.07) is 11.5. The summed E-state index contributed by atoms with van der Waals surface area (Å²) in [5.74, 6) is 0.903. The Morgan fingerprint density at radius 3 is 2.63 bits per heavy atom. The van der Waals surface area contributed by atoms with Crippen molar-refractivity contribution in [3.05, 3.63) is 51.1 Å². The highest BCUT2D eigenvalue weighted by Crippen LogP contribution is 2.24. The summed E-state index contributed by atoms with van der Waals surface area (Å²) in [7, 11) is 1.58. The van der Waals surface area contributed by atoms with Crippen molar-refractivity contribution in [1.29, 1.82) is 0 Å². The third kappa shape index (κ3) is 3.53. The molecule has 0 saturated heterocycles. The highest BCUT2D eigenvalue weighted by molar-refractivity contribution is 14.1. The Bertz CT molecular complexity index is 584. The maximum atomic E-state index is 9.88. The molecule has 2 N–H and O–H groups in total. The minimum Gasteiger partial charge on any atom is -0.507 e. The predicted molar refractivity (Wildman–Crippen MR) is 85.9 cm³/mol. The van der Waals surface area contributed by atoms with Gasteiger partial charge in [-0.05, 0) is 59.3 Å². The summed E-state index contributed by atoms with van der Waals surface area (Å²) in [5.41, 5.74) is 3.15. The van der Waals surface area contributed by atoms with Crippen LogP contribution in [0.1, 0.15) is 11.1 Å². The second kappa shape index (κ2) is 6.14. The van der Waals surface area contributed by atoms with Crippen molar-refractivity contribution in [3.63, 3.8) is 0 Å². The summed E-state index contributed by atoms with van der Waals surface area (Å²) in [6.07, 6.45) is 0. The molecule has 2 rings (SSSR count). The number of hydrogen-bond acceptors (Lipinski definition) is 3. The van der Waals surface area contributed by atoms with Crippen LogP contribution in [-0.2, 0) is 6.54 Å². The van der Waals surface area contributed by atoms with Gasteiger partial charge in [-0.25, -0.2) is 0 Å². The molecule has 0 fully saturated rings. The number of aryl methyl sites for hydroxylation is 1. The molecule has 4 heteroatoms. The molecule has 0 amide bonds. The van der Waals surface area contributed by atoms with Gasteiger partial charge in [-0.15, -0.1) is 0 Å². The van der Waals surface area contributed by atoms with Crippen LogP contribution in [0.25, 0.3) is 0 Å². The standard InChI is InChI=1S/C15H16INO2/c1-10-3-5-12(7-14(10)16)17-9-11-4-6-13(19-2)8-15(11)18/h3-8,17-18H,9H2,1-2H3. The van der Waals surface area contributed by atoms with Crippen LogP contribution in [0.15, 0.2) is 36.4 Å². The molecular weight excluding hydrogens is 353 g/mol. The van der Waals surface area contributed by atoms with Crippen LogP contribution in [0.3, 0.4) is 0 Å². The highest BCUT2D eigenvalue weighted by Gasteiger charge is 2.03. The van der Waals surface area contributed by atoms with E-state index in [1.165, 1.54) is 9.13 Å². The number of aromatic hydroxyl groups is 1. The third-order valence-corrected chi connectivity index (χ3v) is 4.11. The zero-order valence-electron chi connectivity index (χ0n) is 10.9. The number of methoxy groups -OCH3 is 1. The van der Waals surface area contributed by atoms with Gasteiger partial charge < -0.3 is 15.2 Å². The minimum atomic E-state index is 0.244. The number of halogens is 1. The third-order valence-electron chi connectivity index (χ3n) is 2.95. The Hall–Kier alpha value is -1.43. The molecule has 0 aromatic heterocycles. The van der Waals surface area contributed by atoms with Crippen molar-refractivity contribution in [1.82, 2.24) is 0 Å². The molecule has 2 aromatic rings. The van der Waals surface area contributed by atoms with Gasteiger partial charge in [-0.2, -0.15) is 0 Å². The zero-order valence-corrected chi connectivity index (χ0v) is 13.1. The van der Waals surface area contributed by atoms with E-state index in [0.717, 1.165) is 11.3 Å². The lowest BCUT2D eigenvalue weighted by molar-refractivity contribution is 0.406. The summed E-state index contributed by atoms with van der Waals surface area (Å²) < 4.78 is 6.28. The second-order valence-corrected chi connectivity index (χ2v) is 5.47. The molecule has 0 heterocycles. The molecule has 0 bridgehead atoms. The Morgan fingerprint density at radius 2 is 2.00 bits per heavy atom. The fourth-order valence-corrected chi connectivity index (χ4v) is 2.24. The Morgan fingerprint density at radius 1 is 1.21 bits per heavy atom. The summed E-state index contributed by atoms with van der Waals surface area (Å²) >= 11 is 2.31. The Balaban J connectivity index is 2.07. The number of anilines is 1. The van der Waals surface area contributed by atoms with Gasteiger partial charge in [0.15, 0.2) is 0 Å². The van der Waals surface area contributed by atoms with E-state index >= 15 is 0 Å². The molecule has 0 radical (unpaired) electrons. The van der Waals surface area contributed by atoms with Crippen LogP contribution in [0.5, 0.6) is 11.5 Å². The maximum Gasteiger partial charge on any atom is 0.124 e. The average molecular weight is 369 g/mol. The fraction of sp³-hybridized carbons (Fsp3) is 0.200. The molecule has 100 valence electrons. The number of hydrogen-bond donors (Lipinski definition) is 2. The first-order valence-electron chi connectivity index (χ1n) is 5.96. The molecule has 0 atom stereocenters. The van der Waals surface area contributed by atoms with E-state index in [9.17, 15) is 5.11 Å². The van der Waals surface area contributed by atoms with Gasteiger partial charge >= 0.3 is 0 Å². The lowest BCUT2D eigenvalue weighted by atomic mass is 10.1. The first kappa shape index (κ1) is 14.0. The fourth-order valence-electron chi connectivity index (χ4n) is 1.72. The number of benzene rings is 2. The normalized spacial score (nSPS) is 10.3. The van der Waals surface area contributed by atoms with E-state index in [-0.39, 0.29) is 5.75 Å². The zero-order chi connectivity index (χ0) is 13.8. The van der Waals surface area contributed by atoms with E-state index in [2.05, 4.69) is 47.0 Å². The average Bonchev–Trinajstić information content (AvgIpc) is 2.41. The van der Waals surface area contributed by atoms with Crippen molar-refractivity contribution >= 4 is 28.3 Å². The molecule has 0 aliphatic carbocycles. The predicted octanol–water partition coefficient (Wildman–Crippen LogP) is 3.93. The van der Waals surface area contributed by atoms with Gasteiger partial charge in [-0.3, -0.25) is 0 Å². The van der Waals surface area contributed by atoms with Crippen LogP contribution in [-0.4, -0.2) is 12.2 Å². The van der Waals surface area contributed by atoms with Crippen molar-refractivity contribution in [2.24, 2.45) is 0 Å². The SMILES string of the molecule is COc1ccc(CNc2ccc(C)c(I)c2)c(O)c1. The topological polar surface area (TPSA) is 41.5 Å². The molecular formula is C15H16INO2. The highest BCUT2D eigenvalue weighted by atomic mass is 127. The molecule has 0 spiro atoms. The van der Waals surface area contributed by atoms with Crippen LogP contribution in [0.2, 0.25) is 0 Å². The number of rotatable bonds is 4. The summed E-state index contributed by atoms with van der Waals surface area (Å²) in [6.45, 7) is 2.66. The van der Waals surface area contributed by atoms with Gasteiger partial charge in [0, 0.05) is 27.4 Å². The summed E-state index contributed by atoms with van der Waals surface area (Å²) in [4.78, 5) is 0. The summed E-state index contributed by atoms with van der Waals surface area (Å²) in [5, 5.41) is 13.2. The van der Waals surface area contributed by atoms with Gasteiger partial charge in [0.25, 0.3) is 0 Å². The number of phenolic OH excluding ortho intramolecular Hbond substituents is 1. The molecule has 0 aliphatic rings. The smallest absolute Gasteiger partial charge is 0.124 e. The van der Waals surface area contributed by atoms with E-state index in [4.69, 9.17) is 4.74 Å². The quantitative estimate of drug-likeness (QED) is 0.803. The van der Waals surface area contributed by atoms with Crippen molar-refractivity contribution in [2.45, 2.75) is 13.5 Å². The van der Waals surface area contributed by atoms with Crippen molar-refractivity contribution in [3.8, 4) is 11.5 Å². The first-order valence-corrected chi connectivity index (χ1v) is 7.04. The molecule has 0 aliphatic heterocycles. The molecule has 19 heavy (non-hydrogen) atoms. The second-order valence-electron chi connectivity index (χ2n) is 4.31. The van der Waals surface area contributed by atoms with Crippen LogP contribution in [0, 0.1) is 10.5 Å². The molecule has 0 unspecified atom stereocenters.